The quantitative estimate of drug-likeness (QED) is 0.853. The van der Waals surface area contributed by atoms with E-state index in [1.807, 2.05) is 18.2 Å². The summed E-state index contributed by atoms with van der Waals surface area (Å²) >= 11 is 0. The first-order chi connectivity index (χ1) is 10.1. The molecule has 0 saturated carbocycles. The van der Waals surface area contributed by atoms with Crippen LogP contribution in [-0.2, 0) is 4.79 Å². The van der Waals surface area contributed by atoms with Crippen molar-refractivity contribution < 1.29 is 19.4 Å². The lowest BCUT2D eigenvalue weighted by Gasteiger charge is -2.11. The zero-order valence-corrected chi connectivity index (χ0v) is 11.7. The predicted octanol–water partition coefficient (Wildman–Crippen LogP) is 2.96. The molecule has 5 heteroatoms. The zero-order chi connectivity index (χ0) is 15.2. The summed E-state index contributed by atoms with van der Waals surface area (Å²) in [5, 5.41) is 8.73. The Morgan fingerprint density at radius 2 is 1.81 bits per heavy atom. The molecule has 2 aromatic carbocycles. The Balaban J connectivity index is 2.06. The van der Waals surface area contributed by atoms with Gasteiger partial charge in [0.25, 0.3) is 0 Å². The number of carbonyl (C=O) groups is 1. The van der Waals surface area contributed by atoms with Crippen LogP contribution in [0, 0.1) is 0 Å². The van der Waals surface area contributed by atoms with Crippen molar-refractivity contribution in [1.29, 1.82) is 0 Å². The summed E-state index contributed by atoms with van der Waals surface area (Å²) < 4.78 is 10.8. The number of carboxylic acid groups (broad SMARTS) is 1. The van der Waals surface area contributed by atoms with Crippen molar-refractivity contribution >= 4 is 5.97 Å². The largest absolute Gasteiger partial charge is 0.497 e. The molecule has 0 bridgehead atoms. The molecule has 0 saturated heterocycles. The fourth-order valence-electron chi connectivity index (χ4n) is 1.89. The summed E-state index contributed by atoms with van der Waals surface area (Å²) in [7, 11) is 1.59. The van der Waals surface area contributed by atoms with Crippen LogP contribution >= 0.6 is 0 Å². The van der Waals surface area contributed by atoms with Crippen LogP contribution in [0.2, 0.25) is 0 Å². The molecule has 1 unspecified atom stereocenters. The molecule has 21 heavy (non-hydrogen) atoms. The monoisotopic (exact) mass is 287 g/mol. The molecule has 0 aliphatic rings. The van der Waals surface area contributed by atoms with Gasteiger partial charge in [-0.25, -0.2) is 0 Å². The highest BCUT2D eigenvalue weighted by molar-refractivity contribution is 5.67. The molecule has 1 atom stereocenters. The van der Waals surface area contributed by atoms with Gasteiger partial charge in [-0.3, -0.25) is 4.79 Å². The maximum absolute atomic E-state index is 10.6. The van der Waals surface area contributed by atoms with Gasteiger partial charge in [0.05, 0.1) is 13.5 Å². The molecule has 0 aliphatic carbocycles. The summed E-state index contributed by atoms with van der Waals surface area (Å²) in [4.78, 5) is 10.6. The Morgan fingerprint density at radius 3 is 2.43 bits per heavy atom. The van der Waals surface area contributed by atoms with Gasteiger partial charge < -0.3 is 20.3 Å². The van der Waals surface area contributed by atoms with Gasteiger partial charge in [-0.2, -0.15) is 0 Å². The van der Waals surface area contributed by atoms with Gasteiger partial charge in [0, 0.05) is 12.1 Å². The molecular weight excluding hydrogens is 270 g/mol. The molecule has 5 nitrogen and oxygen atoms in total. The van der Waals surface area contributed by atoms with Gasteiger partial charge >= 0.3 is 5.97 Å². The Kier molecular flexibility index (Phi) is 4.79. The smallest absolute Gasteiger partial charge is 0.305 e. The van der Waals surface area contributed by atoms with E-state index in [1.165, 1.54) is 0 Å². The molecule has 2 rings (SSSR count). The summed E-state index contributed by atoms with van der Waals surface area (Å²) in [6.45, 7) is 0. The third kappa shape index (κ3) is 4.22. The molecule has 110 valence electrons. The number of ether oxygens (including phenoxy) is 2. The van der Waals surface area contributed by atoms with Gasteiger partial charge in [0.15, 0.2) is 0 Å². The average Bonchev–Trinajstić information content (AvgIpc) is 2.47. The van der Waals surface area contributed by atoms with Crippen molar-refractivity contribution in [3.63, 3.8) is 0 Å². The highest BCUT2D eigenvalue weighted by atomic mass is 16.5. The van der Waals surface area contributed by atoms with Crippen molar-refractivity contribution in [2.45, 2.75) is 12.5 Å². The summed E-state index contributed by atoms with van der Waals surface area (Å²) in [6, 6.07) is 13.8. The van der Waals surface area contributed by atoms with Crippen molar-refractivity contribution in [1.82, 2.24) is 0 Å². The molecular formula is C16H17NO4. The number of methoxy groups -OCH3 is 1. The van der Waals surface area contributed by atoms with Crippen LogP contribution in [-0.4, -0.2) is 18.2 Å². The van der Waals surface area contributed by atoms with Crippen molar-refractivity contribution in [2.75, 3.05) is 7.11 Å². The zero-order valence-electron chi connectivity index (χ0n) is 11.7. The summed E-state index contributed by atoms with van der Waals surface area (Å²) in [5.74, 6) is 1.11. The maximum atomic E-state index is 10.6. The lowest BCUT2D eigenvalue weighted by Crippen LogP contribution is -2.14. The molecule has 0 fully saturated rings. The number of benzene rings is 2. The number of aliphatic carboxylic acids is 1. The van der Waals surface area contributed by atoms with Crippen LogP contribution in [0.1, 0.15) is 18.0 Å². The van der Waals surface area contributed by atoms with Gasteiger partial charge in [-0.15, -0.1) is 0 Å². The Labute approximate surface area is 122 Å². The Hall–Kier alpha value is -2.53. The lowest BCUT2D eigenvalue weighted by molar-refractivity contribution is -0.137. The average molecular weight is 287 g/mol. The van der Waals surface area contributed by atoms with Crippen LogP contribution < -0.4 is 15.2 Å². The van der Waals surface area contributed by atoms with Gasteiger partial charge in [-0.1, -0.05) is 18.2 Å². The van der Waals surface area contributed by atoms with E-state index in [-0.39, 0.29) is 6.42 Å². The summed E-state index contributed by atoms with van der Waals surface area (Å²) in [6.07, 6.45) is -0.101. The fourth-order valence-corrected chi connectivity index (χ4v) is 1.89. The molecule has 0 radical (unpaired) electrons. The molecule has 0 spiro atoms. The maximum Gasteiger partial charge on any atom is 0.305 e. The number of hydrogen-bond acceptors (Lipinski definition) is 4. The minimum atomic E-state index is -0.917. The van der Waals surface area contributed by atoms with E-state index in [9.17, 15) is 4.79 Å². The van der Waals surface area contributed by atoms with Crippen LogP contribution in [0.25, 0.3) is 0 Å². The lowest BCUT2D eigenvalue weighted by atomic mass is 10.0. The van der Waals surface area contributed by atoms with Gasteiger partial charge in [0.2, 0.25) is 0 Å². The van der Waals surface area contributed by atoms with E-state index in [0.29, 0.717) is 17.2 Å². The van der Waals surface area contributed by atoms with Crippen molar-refractivity contribution in [3.8, 4) is 17.2 Å². The highest BCUT2D eigenvalue weighted by Crippen LogP contribution is 2.26. The second-order valence-electron chi connectivity index (χ2n) is 4.55. The molecule has 0 aromatic heterocycles. The van der Waals surface area contributed by atoms with Crippen LogP contribution in [0.4, 0.5) is 0 Å². The van der Waals surface area contributed by atoms with Crippen LogP contribution in [0.15, 0.2) is 48.5 Å². The normalized spacial score (nSPS) is 11.7. The van der Waals surface area contributed by atoms with Crippen LogP contribution in [0.5, 0.6) is 17.2 Å². The Morgan fingerprint density at radius 1 is 1.14 bits per heavy atom. The second kappa shape index (κ2) is 6.76. The Bertz CT molecular complexity index is 610. The van der Waals surface area contributed by atoms with E-state index in [1.54, 1.807) is 37.4 Å². The molecule has 2 aromatic rings. The predicted molar refractivity (Wildman–Crippen MR) is 78.7 cm³/mol. The molecule has 0 heterocycles. The SMILES string of the molecule is COc1cccc(Oc2ccc(C(N)CC(=O)O)cc2)c1. The van der Waals surface area contributed by atoms with Gasteiger partial charge in [-0.05, 0) is 29.8 Å². The van der Waals surface area contributed by atoms with E-state index >= 15 is 0 Å². The van der Waals surface area contributed by atoms with E-state index in [4.69, 9.17) is 20.3 Å². The number of rotatable bonds is 6. The third-order valence-electron chi connectivity index (χ3n) is 2.98. The van der Waals surface area contributed by atoms with E-state index in [0.717, 1.165) is 5.56 Å². The van der Waals surface area contributed by atoms with Gasteiger partial charge in [0.1, 0.15) is 17.2 Å². The number of hydrogen-bond donors (Lipinski definition) is 2. The van der Waals surface area contributed by atoms with E-state index < -0.39 is 12.0 Å². The minimum absolute atomic E-state index is 0.101. The molecule has 3 N–H and O–H groups in total. The standard InChI is InChI=1S/C16H17NO4/c1-20-13-3-2-4-14(9-13)21-12-7-5-11(6-8-12)15(17)10-16(18)19/h2-9,15H,10,17H2,1H3,(H,18,19). The second-order valence-corrected chi connectivity index (χ2v) is 4.55. The minimum Gasteiger partial charge on any atom is -0.497 e. The van der Waals surface area contributed by atoms with E-state index in [2.05, 4.69) is 0 Å². The number of carboxylic acids is 1. The molecule has 0 aliphatic heterocycles. The summed E-state index contributed by atoms with van der Waals surface area (Å²) in [5.41, 5.74) is 6.56. The first kappa shape index (κ1) is 14.9. The highest BCUT2D eigenvalue weighted by Gasteiger charge is 2.10. The fraction of sp³-hybridized carbons (Fsp3) is 0.188. The van der Waals surface area contributed by atoms with Crippen LogP contribution in [0.3, 0.4) is 0 Å². The molecule has 0 amide bonds. The first-order valence-electron chi connectivity index (χ1n) is 6.47. The van der Waals surface area contributed by atoms with Crippen molar-refractivity contribution in [3.05, 3.63) is 54.1 Å². The van der Waals surface area contributed by atoms with Crippen molar-refractivity contribution in [2.24, 2.45) is 5.73 Å². The first-order valence-corrected chi connectivity index (χ1v) is 6.47. The topological polar surface area (TPSA) is 81.8 Å². The number of nitrogens with two attached hydrogens (primary N) is 1. The third-order valence-corrected chi connectivity index (χ3v) is 2.98.